The highest BCUT2D eigenvalue weighted by Gasteiger charge is 2.36. The Bertz CT molecular complexity index is 486. The van der Waals surface area contributed by atoms with Crippen molar-refractivity contribution in [1.29, 1.82) is 0 Å². The molecule has 0 fully saturated rings. The van der Waals surface area contributed by atoms with Gasteiger partial charge in [0.05, 0.1) is 0 Å². The zero-order valence-corrected chi connectivity index (χ0v) is 12.4. The minimum Gasteiger partial charge on any atom is -0.480 e. The van der Waals surface area contributed by atoms with Crippen LogP contribution >= 0.6 is 15.9 Å². The van der Waals surface area contributed by atoms with Gasteiger partial charge in [0.15, 0.2) is 0 Å². The topological polar surface area (TPSA) is 66.4 Å². The van der Waals surface area contributed by atoms with Crippen LogP contribution in [0.2, 0.25) is 0 Å². The molecule has 0 radical (unpaired) electrons. The maximum absolute atomic E-state index is 11.9. The molecule has 2 N–H and O–H groups in total. The average Bonchev–Trinajstić information content (AvgIpc) is 2.25. The first-order valence-electron chi connectivity index (χ1n) is 5.48. The Labute approximate surface area is 115 Å². The highest BCUT2D eigenvalue weighted by Crippen LogP contribution is 2.26. The van der Waals surface area contributed by atoms with Gasteiger partial charge in [0.25, 0.3) is 0 Å². The second-order valence-electron chi connectivity index (χ2n) is 4.81. The normalized spacial score (nSPS) is 11.2. The number of carboxylic acids is 1. The van der Waals surface area contributed by atoms with Crippen molar-refractivity contribution >= 4 is 33.5 Å². The number of carbonyl (C=O) groups is 2. The van der Waals surface area contributed by atoms with Gasteiger partial charge in [-0.15, -0.1) is 0 Å². The lowest BCUT2D eigenvalue weighted by Gasteiger charge is -2.19. The summed E-state index contributed by atoms with van der Waals surface area (Å²) in [6.45, 7) is 6.58. The maximum atomic E-state index is 11.9. The fraction of sp³-hybridized carbons (Fsp3) is 0.385. The summed E-state index contributed by atoms with van der Waals surface area (Å²) >= 11 is 3.44. The number of carboxylic acid groups (broad SMARTS) is 1. The summed E-state index contributed by atoms with van der Waals surface area (Å²) < 4.78 is 0.984. The number of halogens is 1. The van der Waals surface area contributed by atoms with Crippen LogP contribution in [-0.2, 0) is 9.59 Å². The summed E-state index contributed by atoms with van der Waals surface area (Å²) in [5.74, 6) is -1.68. The number of aryl methyl sites for hydroxylation is 2. The van der Waals surface area contributed by atoms with Gasteiger partial charge in [-0.2, -0.15) is 0 Å². The molecule has 0 unspecified atom stereocenters. The maximum Gasteiger partial charge on any atom is 0.318 e. The molecule has 98 valence electrons. The minimum atomic E-state index is -1.45. The van der Waals surface area contributed by atoms with Gasteiger partial charge in [-0.3, -0.25) is 9.59 Å². The number of carbonyl (C=O) groups excluding carboxylic acids is 1. The summed E-state index contributed by atoms with van der Waals surface area (Å²) in [4.78, 5) is 22.9. The Kier molecular flexibility index (Phi) is 4.16. The summed E-state index contributed by atoms with van der Waals surface area (Å²) in [6, 6.07) is 3.60. The van der Waals surface area contributed by atoms with Crippen LogP contribution in [0.25, 0.3) is 0 Å². The van der Waals surface area contributed by atoms with E-state index in [1.807, 2.05) is 13.8 Å². The number of hydrogen-bond acceptors (Lipinski definition) is 2. The van der Waals surface area contributed by atoms with Crippen molar-refractivity contribution in [1.82, 2.24) is 0 Å². The smallest absolute Gasteiger partial charge is 0.318 e. The third-order valence-corrected chi connectivity index (χ3v) is 4.05. The van der Waals surface area contributed by atoms with E-state index in [1.54, 1.807) is 12.1 Å². The number of amides is 1. The van der Waals surface area contributed by atoms with Gasteiger partial charge >= 0.3 is 5.97 Å². The molecule has 1 amide bonds. The van der Waals surface area contributed by atoms with E-state index >= 15 is 0 Å². The van der Waals surface area contributed by atoms with Crippen molar-refractivity contribution in [3.8, 4) is 0 Å². The van der Waals surface area contributed by atoms with Crippen molar-refractivity contribution < 1.29 is 14.7 Å². The molecule has 0 bridgehead atoms. The summed E-state index contributed by atoms with van der Waals surface area (Å²) in [5, 5.41) is 11.6. The van der Waals surface area contributed by atoms with Crippen molar-refractivity contribution in [3.63, 3.8) is 0 Å². The molecule has 0 aliphatic rings. The first kappa shape index (κ1) is 14.7. The Balaban J connectivity index is 3.00. The van der Waals surface area contributed by atoms with E-state index in [0.717, 1.165) is 15.6 Å². The van der Waals surface area contributed by atoms with Gasteiger partial charge < -0.3 is 10.4 Å². The van der Waals surface area contributed by atoms with Crippen LogP contribution in [0.3, 0.4) is 0 Å². The summed E-state index contributed by atoms with van der Waals surface area (Å²) in [6.07, 6.45) is 0. The van der Waals surface area contributed by atoms with Gasteiger partial charge in [0.1, 0.15) is 5.41 Å². The molecular formula is C13H16BrNO3. The van der Waals surface area contributed by atoms with E-state index in [4.69, 9.17) is 5.11 Å². The molecule has 0 aromatic heterocycles. The van der Waals surface area contributed by atoms with Gasteiger partial charge in [-0.05, 0) is 51.0 Å². The third kappa shape index (κ3) is 2.90. The van der Waals surface area contributed by atoms with Crippen molar-refractivity contribution in [2.75, 3.05) is 5.32 Å². The van der Waals surface area contributed by atoms with E-state index in [0.29, 0.717) is 5.69 Å². The number of benzene rings is 1. The average molecular weight is 314 g/mol. The quantitative estimate of drug-likeness (QED) is 0.843. The summed E-state index contributed by atoms with van der Waals surface area (Å²) in [7, 11) is 0. The standard InChI is InChI=1S/C13H16BrNO3/c1-7-5-9(6-8(2)10(7)14)15-11(16)13(3,4)12(17)18/h5-6H,1-4H3,(H,15,16)(H,17,18). The minimum absolute atomic E-state index is 0.531. The zero-order valence-electron chi connectivity index (χ0n) is 10.8. The first-order chi connectivity index (χ1) is 8.16. The van der Waals surface area contributed by atoms with Crippen LogP contribution in [-0.4, -0.2) is 17.0 Å². The van der Waals surface area contributed by atoms with Crippen molar-refractivity contribution in [2.24, 2.45) is 5.41 Å². The largest absolute Gasteiger partial charge is 0.480 e. The monoisotopic (exact) mass is 313 g/mol. The van der Waals surface area contributed by atoms with Gasteiger partial charge in [-0.25, -0.2) is 0 Å². The van der Waals surface area contributed by atoms with Gasteiger partial charge in [0.2, 0.25) is 5.91 Å². The molecule has 0 atom stereocenters. The van der Waals surface area contributed by atoms with Crippen LogP contribution in [0.4, 0.5) is 5.69 Å². The van der Waals surface area contributed by atoms with Crippen LogP contribution in [0.1, 0.15) is 25.0 Å². The molecule has 5 heteroatoms. The Morgan fingerprint density at radius 2 is 1.67 bits per heavy atom. The lowest BCUT2D eigenvalue weighted by molar-refractivity contribution is -0.151. The van der Waals surface area contributed by atoms with E-state index in [1.165, 1.54) is 13.8 Å². The lowest BCUT2D eigenvalue weighted by Crippen LogP contribution is -2.37. The summed E-state index contributed by atoms with van der Waals surface area (Å²) in [5.41, 5.74) is 1.12. The van der Waals surface area contributed by atoms with Crippen molar-refractivity contribution in [3.05, 3.63) is 27.7 Å². The second kappa shape index (κ2) is 5.10. The second-order valence-corrected chi connectivity index (χ2v) is 5.60. The van der Waals surface area contributed by atoms with E-state index in [2.05, 4.69) is 21.2 Å². The fourth-order valence-corrected chi connectivity index (χ4v) is 1.63. The molecule has 1 aromatic carbocycles. The molecule has 0 aliphatic carbocycles. The Hall–Kier alpha value is -1.36. The molecular weight excluding hydrogens is 298 g/mol. The zero-order chi connectivity index (χ0) is 14.1. The molecule has 4 nitrogen and oxygen atoms in total. The molecule has 0 aliphatic heterocycles. The molecule has 0 saturated carbocycles. The number of hydrogen-bond donors (Lipinski definition) is 2. The van der Waals surface area contributed by atoms with E-state index < -0.39 is 17.3 Å². The lowest BCUT2D eigenvalue weighted by atomic mass is 9.92. The SMILES string of the molecule is Cc1cc(NC(=O)C(C)(C)C(=O)O)cc(C)c1Br. The first-order valence-corrected chi connectivity index (χ1v) is 6.27. The van der Waals surface area contributed by atoms with Crippen LogP contribution in [0, 0.1) is 19.3 Å². The van der Waals surface area contributed by atoms with E-state index in [9.17, 15) is 9.59 Å². The Morgan fingerprint density at radius 3 is 2.06 bits per heavy atom. The molecule has 1 rings (SSSR count). The molecule has 1 aromatic rings. The predicted octanol–water partition coefficient (Wildman–Crippen LogP) is 3.12. The van der Waals surface area contributed by atoms with E-state index in [-0.39, 0.29) is 0 Å². The van der Waals surface area contributed by atoms with Gasteiger partial charge in [-0.1, -0.05) is 15.9 Å². The van der Waals surface area contributed by atoms with Crippen LogP contribution in [0.5, 0.6) is 0 Å². The van der Waals surface area contributed by atoms with Crippen molar-refractivity contribution in [2.45, 2.75) is 27.7 Å². The highest BCUT2D eigenvalue weighted by molar-refractivity contribution is 9.10. The predicted molar refractivity (Wildman–Crippen MR) is 73.7 cm³/mol. The van der Waals surface area contributed by atoms with Crippen LogP contribution in [0.15, 0.2) is 16.6 Å². The fourth-order valence-electron chi connectivity index (χ4n) is 1.40. The highest BCUT2D eigenvalue weighted by atomic mass is 79.9. The molecule has 0 heterocycles. The molecule has 0 spiro atoms. The Morgan fingerprint density at radius 1 is 1.22 bits per heavy atom. The number of anilines is 1. The molecule has 18 heavy (non-hydrogen) atoms. The number of rotatable bonds is 3. The number of aliphatic carboxylic acids is 1. The van der Waals surface area contributed by atoms with Gasteiger partial charge in [0, 0.05) is 10.2 Å². The number of nitrogens with one attached hydrogen (secondary N) is 1. The third-order valence-electron chi connectivity index (χ3n) is 2.80. The molecule has 0 saturated heterocycles. The van der Waals surface area contributed by atoms with Crippen LogP contribution < -0.4 is 5.32 Å².